The molecule has 1 fully saturated rings. The van der Waals surface area contributed by atoms with Gasteiger partial charge < -0.3 is 5.73 Å². The van der Waals surface area contributed by atoms with Gasteiger partial charge in [0.1, 0.15) is 4.45 Å². The van der Waals surface area contributed by atoms with Crippen LogP contribution in [0.1, 0.15) is 25.7 Å². The van der Waals surface area contributed by atoms with Crippen molar-refractivity contribution in [3.05, 3.63) is 12.2 Å². The third kappa shape index (κ3) is 2.76. The molecule has 0 saturated heterocycles. The van der Waals surface area contributed by atoms with Gasteiger partial charge in [0, 0.05) is 18.3 Å². The molecule has 5 heteroatoms. The maximum atomic E-state index is 9.12. The molecule has 2 unspecified atom stereocenters. The van der Waals surface area contributed by atoms with Gasteiger partial charge in [-0.15, -0.1) is 0 Å². The van der Waals surface area contributed by atoms with Crippen molar-refractivity contribution in [1.82, 2.24) is 5.32 Å². The van der Waals surface area contributed by atoms with E-state index in [0.29, 0.717) is 0 Å². The van der Waals surface area contributed by atoms with Crippen molar-refractivity contribution in [2.75, 3.05) is 0 Å². The Labute approximate surface area is 110 Å². The van der Waals surface area contributed by atoms with Crippen LogP contribution in [0, 0.1) is 11.3 Å². The summed E-state index contributed by atoms with van der Waals surface area (Å²) < 4.78 is -0.573. The summed E-state index contributed by atoms with van der Waals surface area (Å²) in [6, 6.07) is 2.17. The molecule has 0 aromatic carbocycles. The Morgan fingerprint density at radius 1 is 1.47 bits per heavy atom. The maximum absolute atomic E-state index is 9.12. The average molecular weight is 297 g/mol. The Kier molecular flexibility index (Phi) is 3.97. The van der Waals surface area contributed by atoms with Gasteiger partial charge in [-0.2, -0.15) is 5.26 Å². The van der Waals surface area contributed by atoms with Crippen LogP contribution in [0.25, 0.3) is 0 Å². The van der Waals surface area contributed by atoms with Crippen LogP contribution >= 0.6 is 15.9 Å². The van der Waals surface area contributed by atoms with Gasteiger partial charge in [0.05, 0.1) is 6.07 Å². The Morgan fingerprint density at radius 2 is 2.24 bits per heavy atom. The van der Waals surface area contributed by atoms with Crippen LogP contribution < -0.4 is 11.1 Å². The number of nitrogens with zero attached hydrogens (tertiary/aromatic N) is 2. The second-order valence-electron chi connectivity index (χ2n) is 4.66. The highest BCUT2D eigenvalue weighted by Gasteiger charge is 2.38. The number of allylic oxidation sites excluding steroid dienone is 1. The topological polar surface area (TPSA) is 74.2 Å². The molecule has 4 nitrogen and oxygen atoms in total. The van der Waals surface area contributed by atoms with Crippen molar-refractivity contribution in [3.63, 3.8) is 0 Å². The molecule has 0 aromatic rings. The van der Waals surface area contributed by atoms with Gasteiger partial charge >= 0.3 is 0 Å². The molecule has 0 spiro atoms. The zero-order valence-electron chi connectivity index (χ0n) is 9.64. The van der Waals surface area contributed by atoms with Crippen LogP contribution in [-0.4, -0.2) is 28.8 Å². The first-order valence-electron chi connectivity index (χ1n) is 5.98. The van der Waals surface area contributed by atoms with E-state index in [1.807, 2.05) is 12.2 Å². The summed E-state index contributed by atoms with van der Waals surface area (Å²) in [5, 5.41) is 12.6. The van der Waals surface area contributed by atoms with Crippen molar-refractivity contribution in [1.29, 1.82) is 5.26 Å². The lowest BCUT2D eigenvalue weighted by Gasteiger charge is -2.38. The van der Waals surface area contributed by atoms with E-state index in [1.165, 1.54) is 12.8 Å². The van der Waals surface area contributed by atoms with Crippen molar-refractivity contribution < 1.29 is 0 Å². The van der Waals surface area contributed by atoms with E-state index in [4.69, 9.17) is 11.0 Å². The molecule has 17 heavy (non-hydrogen) atoms. The summed E-state index contributed by atoms with van der Waals surface area (Å²) in [6.45, 7) is 0. The van der Waals surface area contributed by atoms with Crippen molar-refractivity contribution in [2.24, 2.45) is 10.7 Å². The Bertz CT molecular complexity index is 373. The fraction of sp³-hybridized carbons (Fsp3) is 0.667. The molecule has 1 aliphatic carbocycles. The van der Waals surface area contributed by atoms with Crippen LogP contribution in [0.5, 0.6) is 0 Å². The van der Waals surface area contributed by atoms with E-state index in [-0.39, 0.29) is 12.1 Å². The van der Waals surface area contributed by atoms with Gasteiger partial charge in [0.2, 0.25) is 0 Å². The molecule has 0 radical (unpaired) electrons. The molecule has 1 saturated carbocycles. The minimum Gasteiger partial charge on any atom is -0.326 e. The second kappa shape index (κ2) is 5.30. The molecular formula is C12H17BrN4. The largest absolute Gasteiger partial charge is 0.326 e. The lowest BCUT2D eigenvalue weighted by molar-refractivity contribution is 0.299. The van der Waals surface area contributed by atoms with Crippen LogP contribution in [-0.2, 0) is 0 Å². The quantitative estimate of drug-likeness (QED) is 0.599. The lowest BCUT2D eigenvalue weighted by Crippen LogP contribution is -2.58. The van der Waals surface area contributed by atoms with E-state index < -0.39 is 10.5 Å². The SMILES string of the molecule is N#CC1N=CC=CC1(Br)N[C@@H]1CCCC[C@@H]1N. The van der Waals surface area contributed by atoms with Crippen molar-refractivity contribution >= 4 is 22.1 Å². The first-order chi connectivity index (χ1) is 8.15. The standard InChI is InChI=1S/C12H17BrN4/c13-12(6-3-7-16-11(12)8-14)17-10-5-2-1-4-9(10)15/h3,6-7,9-11,17H,1-2,4-5,15H2/t9-,10+,11?,12?/m0/s1. The molecule has 0 aromatic heterocycles. The molecule has 1 heterocycles. The fourth-order valence-corrected chi connectivity index (χ4v) is 3.06. The summed E-state index contributed by atoms with van der Waals surface area (Å²) in [4.78, 5) is 4.17. The zero-order chi connectivity index (χ0) is 12.3. The number of hydrogen-bond acceptors (Lipinski definition) is 4. The highest BCUT2D eigenvalue weighted by molar-refractivity contribution is 9.10. The molecular weight excluding hydrogens is 280 g/mol. The number of nitrogens with two attached hydrogens (primary N) is 1. The van der Waals surface area contributed by atoms with E-state index in [2.05, 4.69) is 32.3 Å². The van der Waals surface area contributed by atoms with E-state index in [9.17, 15) is 0 Å². The Balaban J connectivity index is 2.08. The van der Waals surface area contributed by atoms with Crippen LogP contribution in [0.4, 0.5) is 0 Å². The lowest BCUT2D eigenvalue weighted by atomic mass is 9.89. The third-order valence-electron chi connectivity index (χ3n) is 3.41. The van der Waals surface area contributed by atoms with Crippen LogP contribution in [0.15, 0.2) is 17.1 Å². The normalized spacial score (nSPS) is 41.1. The van der Waals surface area contributed by atoms with Crippen LogP contribution in [0.3, 0.4) is 0 Å². The molecule has 0 bridgehead atoms. The van der Waals surface area contributed by atoms with E-state index in [0.717, 1.165) is 12.8 Å². The molecule has 1 aliphatic heterocycles. The minimum absolute atomic E-state index is 0.164. The fourth-order valence-electron chi connectivity index (χ4n) is 2.40. The second-order valence-corrected chi connectivity index (χ2v) is 5.97. The number of nitrogens with one attached hydrogen (secondary N) is 1. The summed E-state index contributed by atoms with van der Waals surface area (Å²) in [7, 11) is 0. The number of halogens is 1. The van der Waals surface area contributed by atoms with E-state index >= 15 is 0 Å². The summed E-state index contributed by atoms with van der Waals surface area (Å²) >= 11 is 3.60. The molecule has 92 valence electrons. The van der Waals surface area contributed by atoms with E-state index in [1.54, 1.807) is 6.21 Å². The molecule has 0 amide bonds. The molecule has 2 aliphatic rings. The molecule has 2 rings (SSSR count). The van der Waals surface area contributed by atoms with Crippen molar-refractivity contribution in [2.45, 2.75) is 48.3 Å². The number of rotatable bonds is 2. The van der Waals surface area contributed by atoms with Crippen LogP contribution in [0.2, 0.25) is 0 Å². The van der Waals surface area contributed by atoms with Crippen molar-refractivity contribution in [3.8, 4) is 6.07 Å². The van der Waals surface area contributed by atoms with Gasteiger partial charge in [0.25, 0.3) is 0 Å². The van der Waals surface area contributed by atoms with Gasteiger partial charge in [-0.1, -0.05) is 28.8 Å². The third-order valence-corrected chi connectivity index (χ3v) is 4.33. The predicted molar refractivity (Wildman–Crippen MR) is 72.1 cm³/mol. The highest BCUT2D eigenvalue weighted by atomic mass is 79.9. The number of dihydropyridines is 1. The summed E-state index contributed by atoms with van der Waals surface area (Å²) in [5.41, 5.74) is 6.11. The van der Waals surface area contributed by atoms with Gasteiger partial charge in [-0.25, -0.2) is 0 Å². The Morgan fingerprint density at radius 3 is 2.94 bits per heavy atom. The average Bonchev–Trinajstić information content (AvgIpc) is 2.32. The number of nitriles is 1. The van der Waals surface area contributed by atoms with Gasteiger partial charge in [-0.3, -0.25) is 10.3 Å². The minimum atomic E-state index is -0.573. The first kappa shape index (κ1) is 12.7. The predicted octanol–water partition coefficient (Wildman–Crippen LogP) is 1.47. The summed E-state index contributed by atoms with van der Waals surface area (Å²) in [6.07, 6.45) is 9.95. The molecule has 4 atom stereocenters. The number of hydrogen-bond donors (Lipinski definition) is 2. The van der Waals surface area contributed by atoms with Gasteiger partial charge in [-0.05, 0) is 25.0 Å². The molecule has 3 N–H and O–H groups in total. The first-order valence-corrected chi connectivity index (χ1v) is 6.78. The zero-order valence-corrected chi connectivity index (χ0v) is 11.2. The smallest absolute Gasteiger partial charge is 0.168 e. The maximum Gasteiger partial charge on any atom is 0.168 e. The summed E-state index contributed by atoms with van der Waals surface area (Å²) in [5.74, 6) is 0. The number of aliphatic imine (C=N–C) groups is 1. The Hall–Kier alpha value is -0.700. The number of alkyl halides is 1. The monoisotopic (exact) mass is 296 g/mol. The highest BCUT2D eigenvalue weighted by Crippen LogP contribution is 2.29. The van der Waals surface area contributed by atoms with Gasteiger partial charge in [0.15, 0.2) is 6.04 Å².